The van der Waals surface area contributed by atoms with Gasteiger partial charge in [0, 0.05) is 19.5 Å². The summed E-state index contributed by atoms with van der Waals surface area (Å²) in [5.74, 6) is -1.43. The summed E-state index contributed by atoms with van der Waals surface area (Å²) in [6, 6.07) is 25.8. The Bertz CT molecular complexity index is 1440. The van der Waals surface area contributed by atoms with E-state index in [-0.39, 0.29) is 25.5 Å². The standard InChI is InChI=1S/C34H36N2O8S/c1-45-33-29(44-32(39)25-16-9-4-10-17-25)28(43-31(38)24-14-7-3-8-15-24)20-26(42-33)21-35-30(37)27-18-11-19-36(27)34(40)41-22-23-12-5-2-6-13-23/h2-10,12-17,26-29,33H,11,18-22H2,1H3,(H,35,37). The van der Waals surface area contributed by atoms with E-state index in [0.29, 0.717) is 30.5 Å². The molecule has 3 aromatic carbocycles. The van der Waals surface area contributed by atoms with Crippen molar-refractivity contribution in [2.75, 3.05) is 19.3 Å². The van der Waals surface area contributed by atoms with E-state index in [4.69, 9.17) is 18.9 Å². The third-order valence-electron chi connectivity index (χ3n) is 7.71. The fourth-order valence-electron chi connectivity index (χ4n) is 5.40. The molecule has 3 aromatic rings. The van der Waals surface area contributed by atoms with Crippen LogP contribution in [0.15, 0.2) is 91.0 Å². The minimum atomic E-state index is -0.892. The number of carbonyl (C=O) groups excluding carboxylic acids is 4. The second kappa shape index (κ2) is 15.6. The first-order valence-corrected chi connectivity index (χ1v) is 16.2. The van der Waals surface area contributed by atoms with Gasteiger partial charge in [-0.3, -0.25) is 9.69 Å². The first kappa shape index (κ1) is 32.1. The summed E-state index contributed by atoms with van der Waals surface area (Å²) in [6.45, 7) is 0.653. The highest BCUT2D eigenvalue weighted by Crippen LogP contribution is 2.32. The van der Waals surface area contributed by atoms with Gasteiger partial charge in [0.15, 0.2) is 6.10 Å². The van der Waals surface area contributed by atoms with Gasteiger partial charge >= 0.3 is 18.0 Å². The molecule has 0 radical (unpaired) electrons. The molecule has 0 bridgehead atoms. The van der Waals surface area contributed by atoms with Crippen molar-refractivity contribution in [3.8, 4) is 0 Å². The quantitative estimate of drug-likeness (QED) is 0.248. The van der Waals surface area contributed by atoms with Crippen molar-refractivity contribution in [3.05, 3.63) is 108 Å². The molecular weight excluding hydrogens is 596 g/mol. The lowest BCUT2D eigenvalue weighted by atomic mass is 10.0. The zero-order valence-electron chi connectivity index (χ0n) is 24.9. The Morgan fingerprint density at radius 1 is 0.867 bits per heavy atom. The van der Waals surface area contributed by atoms with Gasteiger partial charge in [0.2, 0.25) is 5.91 Å². The molecule has 2 heterocycles. The van der Waals surface area contributed by atoms with Gasteiger partial charge in [-0.15, -0.1) is 11.8 Å². The fourth-order valence-corrected chi connectivity index (χ4v) is 6.16. The third kappa shape index (κ3) is 8.43. The molecule has 1 N–H and O–H groups in total. The predicted molar refractivity (Wildman–Crippen MR) is 167 cm³/mol. The number of hydrogen-bond donors (Lipinski definition) is 1. The number of nitrogens with zero attached hydrogens (tertiary/aromatic N) is 1. The molecule has 2 aliphatic heterocycles. The summed E-state index contributed by atoms with van der Waals surface area (Å²) in [5.41, 5.74) is 0.920. The first-order valence-electron chi connectivity index (χ1n) is 14.9. The van der Waals surface area contributed by atoms with Gasteiger partial charge in [0.1, 0.15) is 24.2 Å². The Labute approximate surface area is 266 Å². The van der Waals surface area contributed by atoms with Crippen LogP contribution >= 0.6 is 11.8 Å². The van der Waals surface area contributed by atoms with Crippen LogP contribution in [0.3, 0.4) is 0 Å². The lowest BCUT2D eigenvalue weighted by molar-refractivity contribution is -0.144. The summed E-state index contributed by atoms with van der Waals surface area (Å²) >= 11 is 1.32. The first-order chi connectivity index (χ1) is 21.9. The highest BCUT2D eigenvalue weighted by atomic mass is 32.2. The normalized spacial score (nSPS) is 22.7. The Balaban J connectivity index is 1.23. The molecule has 10 nitrogen and oxygen atoms in total. The minimum absolute atomic E-state index is 0.109. The van der Waals surface area contributed by atoms with E-state index in [0.717, 1.165) is 5.56 Å². The maximum atomic E-state index is 13.3. The number of nitrogens with one attached hydrogen (secondary N) is 1. The Morgan fingerprint density at radius 3 is 2.09 bits per heavy atom. The number of carbonyl (C=O) groups is 4. The summed E-state index contributed by atoms with van der Waals surface area (Å²) < 4.78 is 23.5. The highest BCUT2D eigenvalue weighted by molar-refractivity contribution is 7.99. The van der Waals surface area contributed by atoms with Crippen molar-refractivity contribution >= 4 is 35.7 Å². The zero-order chi connectivity index (χ0) is 31.6. The molecule has 5 atom stereocenters. The van der Waals surface area contributed by atoms with Crippen LogP contribution in [0, 0.1) is 0 Å². The van der Waals surface area contributed by atoms with Crippen LogP contribution in [0.25, 0.3) is 0 Å². The number of amides is 2. The van der Waals surface area contributed by atoms with E-state index in [1.165, 1.54) is 16.7 Å². The molecule has 11 heteroatoms. The molecule has 2 amide bonds. The second-order valence-corrected chi connectivity index (χ2v) is 11.7. The minimum Gasteiger partial charge on any atom is -0.455 e. The number of benzene rings is 3. The summed E-state index contributed by atoms with van der Waals surface area (Å²) in [6.07, 6.45) is 0.361. The maximum absolute atomic E-state index is 13.3. The topological polar surface area (TPSA) is 120 Å². The van der Waals surface area contributed by atoms with Crippen LogP contribution in [0.2, 0.25) is 0 Å². The van der Waals surface area contributed by atoms with Crippen molar-refractivity contribution in [1.29, 1.82) is 0 Å². The molecule has 0 saturated carbocycles. The van der Waals surface area contributed by atoms with E-state index < -0.39 is 47.8 Å². The number of hydrogen-bond acceptors (Lipinski definition) is 9. The highest BCUT2D eigenvalue weighted by Gasteiger charge is 2.44. The largest absolute Gasteiger partial charge is 0.455 e. The summed E-state index contributed by atoms with van der Waals surface area (Å²) in [4.78, 5) is 53.6. The van der Waals surface area contributed by atoms with Crippen LogP contribution in [0.5, 0.6) is 0 Å². The van der Waals surface area contributed by atoms with Crippen LogP contribution in [-0.2, 0) is 30.3 Å². The van der Waals surface area contributed by atoms with Crippen LogP contribution < -0.4 is 5.32 Å². The van der Waals surface area contributed by atoms with Gasteiger partial charge in [0.05, 0.1) is 17.2 Å². The van der Waals surface area contributed by atoms with E-state index in [1.807, 2.05) is 36.6 Å². The molecule has 5 rings (SSSR count). The SMILES string of the molecule is CSC1OC(CNC(=O)C2CCCN2C(=O)OCc2ccccc2)CC(OC(=O)c2ccccc2)C1OC(=O)c1ccccc1. The van der Waals surface area contributed by atoms with Crippen molar-refractivity contribution in [1.82, 2.24) is 10.2 Å². The lowest BCUT2D eigenvalue weighted by Crippen LogP contribution is -2.54. The van der Waals surface area contributed by atoms with Gasteiger partial charge in [-0.1, -0.05) is 66.7 Å². The molecule has 2 fully saturated rings. The fraction of sp³-hybridized carbons (Fsp3) is 0.353. The Kier molecular flexibility index (Phi) is 11.1. The predicted octanol–water partition coefficient (Wildman–Crippen LogP) is 4.83. The van der Waals surface area contributed by atoms with Crippen LogP contribution in [-0.4, -0.2) is 78.0 Å². The van der Waals surface area contributed by atoms with Crippen LogP contribution in [0.1, 0.15) is 45.5 Å². The monoisotopic (exact) mass is 632 g/mol. The molecule has 45 heavy (non-hydrogen) atoms. The van der Waals surface area contributed by atoms with Crippen molar-refractivity contribution < 1.29 is 38.1 Å². The zero-order valence-corrected chi connectivity index (χ0v) is 25.7. The lowest BCUT2D eigenvalue weighted by Gasteiger charge is -2.40. The molecule has 236 valence electrons. The molecular formula is C34H36N2O8S. The molecule has 2 saturated heterocycles. The van der Waals surface area contributed by atoms with Crippen molar-refractivity contribution in [2.45, 2.75) is 55.7 Å². The van der Waals surface area contributed by atoms with Gasteiger partial charge in [0.25, 0.3) is 0 Å². The molecule has 0 aliphatic carbocycles. The molecule has 2 aliphatic rings. The Hall–Kier alpha value is -4.35. The van der Waals surface area contributed by atoms with E-state index in [2.05, 4.69) is 5.32 Å². The Morgan fingerprint density at radius 2 is 1.47 bits per heavy atom. The van der Waals surface area contributed by atoms with E-state index in [9.17, 15) is 19.2 Å². The molecule has 5 unspecified atom stereocenters. The third-order valence-corrected chi connectivity index (χ3v) is 8.55. The maximum Gasteiger partial charge on any atom is 0.410 e. The van der Waals surface area contributed by atoms with Gasteiger partial charge < -0.3 is 24.3 Å². The average molecular weight is 633 g/mol. The molecule has 0 aromatic heterocycles. The summed E-state index contributed by atoms with van der Waals surface area (Å²) in [7, 11) is 0. The number of esters is 2. The van der Waals surface area contributed by atoms with Gasteiger partial charge in [-0.2, -0.15) is 0 Å². The van der Waals surface area contributed by atoms with Crippen molar-refractivity contribution in [2.24, 2.45) is 0 Å². The van der Waals surface area contributed by atoms with E-state index in [1.54, 1.807) is 60.7 Å². The van der Waals surface area contributed by atoms with Gasteiger partial charge in [-0.25, -0.2) is 14.4 Å². The van der Waals surface area contributed by atoms with E-state index >= 15 is 0 Å². The van der Waals surface area contributed by atoms with Gasteiger partial charge in [-0.05, 0) is 48.9 Å². The number of thioether (sulfide) groups is 1. The second-order valence-electron chi connectivity index (χ2n) is 10.8. The summed E-state index contributed by atoms with van der Waals surface area (Å²) in [5, 5.41) is 2.91. The van der Waals surface area contributed by atoms with Crippen molar-refractivity contribution in [3.63, 3.8) is 0 Å². The smallest absolute Gasteiger partial charge is 0.410 e. The van der Waals surface area contributed by atoms with Crippen LogP contribution in [0.4, 0.5) is 4.79 Å². The average Bonchev–Trinajstić information content (AvgIpc) is 3.58. The number of likely N-dealkylation sites (tertiary alicyclic amines) is 1. The number of rotatable bonds is 10. The number of ether oxygens (including phenoxy) is 4. The molecule has 0 spiro atoms.